The number of rotatable bonds is 5. The van der Waals surface area contributed by atoms with Crippen LogP contribution in [0.15, 0.2) is 33.0 Å². The van der Waals surface area contributed by atoms with Gasteiger partial charge in [-0.3, -0.25) is 14.2 Å². The molecule has 0 radical (unpaired) electrons. The minimum Gasteiger partial charge on any atom is -0.454 e. The Kier molecular flexibility index (Phi) is 5.88. The zero-order valence-corrected chi connectivity index (χ0v) is 19.0. The molecule has 31 heavy (non-hydrogen) atoms. The summed E-state index contributed by atoms with van der Waals surface area (Å²) < 4.78 is 12.6. The molecule has 1 unspecified atom stereocenters. The molecule has 1 aliphatic carbocycles. The van der Waals surface area contributed by atoms with Gasteiger partial charge in [0.2, 0.25) is 12.7 Å². The SMILES string of the molecule is CC1Cc2nc(SCC(=O)Nc3ccc4c(c3)OCO4)n(C3CCCCC3)c(=O)c2S1. The van der Waals surface area contributed by atoms with Gasteiger partial charge in [-0.2, -0.15) is 0 Å². The van der Waals surface area contributed by atoms with Crippen molar-refractivity contribution in [2.75, 3.05) is 17.9 Å². The molecule has 1 atom stereocenters. The Bertz CT molecular complexity index is 1070. The summed E-state index contributed by atoms with van der Waals surface area (Å²) in [5.41, 5.74) is 1.62. The monoisotopic (exact) mass is 459 g/mol. The second-order valence-corrected chi connectivity index (χ2v) is 10.6. The van der Waals surface area contributed by atoms with Crippen LogP contribution in [-0.4, -0.2) is 33.3 Å². The van der Waals surface area contributed by atoms with Crippen LogP contribution in [0.4, 0.5) is 5.69 Å². The second-order valence-electron chi connectivity index (χ2n) is 8.17. The number of nitrogens with zero attached hydrogens (tertiary/aromatic N) is 2. The molecule has 164 valence electrons. The van der Waals surface area contributed by atoms with Gasteiger partial charge in [0.15, 0.2) is 16.7 Å². The van der Waals surface area contributed by atoms with Crippen LogP contribution in [0.5, 0.6) is 11.5 Å². The van der Waals surface area contributed by atoms with Gasteiger partial charge in [-0.05, 0) is 25.0 Å². The minimum absolute atomic E-state index is 0.0740. The van der Waals surface area contributed by atoms with E-state index in [1.54, 1.807) is 30.0 Å². The molecule has 0 bridgehead atoms. The lowest BCUT2D eigenvalue weighted by molar-refractivity contribution is -0.113. The normalized spacial score (nSPS) is 20.0. The Labute approximate surface area is 189 Å². The number of amides is 1. The number of hydrogen-bond donors (Lipinski definition) is 1. The highest BCUT2D eigenvalue weighted by Crippen LogP contribution is 2.37. The molecule has 3 aliphatic rings. The summed E-state index contributed by atoms with van der Waals surface area (Å²) >= 11 is 2.98. The number of fused-ring (bicyclic) bond motifs is 2. The van der Waals surface area contributed by atoms with Crippen molar-refractivity contribution in [3.05, 3.63) is 34.2 Å². The molecule has 5 rings (SSSR count). The van der Waals surface area contributed by atoms with E-state index in [0.29, 0.717) is 27.6 Å². The Morgan fingerprint density at radius 1 is 1.26 bits per heavy atom. The van der Waals surface area contributed by atoms with Crippen LogP contribution in [0.25, 0.3) is 0 Å². The summed E-state index contributed by atoms with van der Waals surface area (Å²) in [5, 5.41) is 3.94. The van der Waals surface area contributed by atoms with Crippen LogP contribution < -0.4 is 20.3 Å². The lowest BCUT2D eigenvalue weighted by Gasteiger charge is -2.26. The summed E-state index contributed by atoms with van der Waals surface area (Å²) in [6.45, 7) is 2.32. The smallest absolute Gasteiger partial charge is 0.268 e. The lowest BCUT2D eigenvalue weighted by Crippen LogP contribution is -2.30. The van der Waals surface area contributed by atoms with E-state index in [-0.39, 0.29) is 30.1 Å². The Balaban J connectivity index is 1.34. The van der Waals surface area contributed by atoms with Gasteiger partial charge in [0, 0.05) is 29.5 Å². The maximum absolute atomic E-state index is 13.3. The average Bonchev–Trinajstić information content (AvgIpc) is 3.38. The predicted molar refractivity (Wildman–Crippen MR) is 122 cm³/mol. The largest absolute Gasteiger partial charge is 0.454 e. The topological polar surface area (TPSA) is 82.4 Å². The predicted octanol–water partition coefficient (Wildman–Crippen LogP) is 4.24. The first kappa shape index (κ1) is 20.8. The first-order chi connectivity index (χ1) is 15.1. The molecule has 1 fully saturated rings. The molecule has 2 aromatic rings. The molecule has 1 aromatic heterocycles. The third-order valence-corrected chi connectivity index (χ3v) is 8.01. The number of anilines is 1. The van der Waals surface area contributed by atoms with Crippen LogP contribution in [0.3, 0.4) is 0 Å². The highest BCUT2D eigenvalue weighted by atomic mass is 32.2. The molecule has 1 amide bonds. The Morgan fingerprint density at radius 3 is 2.90 bits per heavy atom. The van der Waals surface area contributed by atoms with Crippen molar-refractivity contribution in [2.24, 2.45) is 0 Å². The fourth-order valence-electron chi connectivity index (χ4n) is 4.38. The van der Waals surface area contributed by atoms with Crippen molar-refractivity contribution < 1.29 is 14.3 Å². The maximum Gasteiger partial charge on any atom is 0.268 e. The van der Waals surface area contributed by atoms with E-state index in [2.05, 4.69) is 12.2 Å². The fourth-order valence-corrected chi connectivity index (χ4v) is 6.36. The summed E-state index contributed by atoms with van der Waals surface area (Å²) in [4.78, 5) is 31.6. The van der Waals surface area contributed by atoms with Crippen LogP contribution in [-0.2, 0) is 11.2 Å². The summed E-state index contributed by atoms with van der Waals surface area (Å²) in [6, 6.07) is 5.51. The van der Waals surface area contributed by atoms with Gasteiger partial charge in [0.25, 0.3) is 5.56 Å². The van der Waals surface area contributed by atoms with Gasteiger partial charge in [0.05, 0.1) is 16.3 Å². The van der Waals surface area contributed by atoms with Crippen molar-refractivity contribution >= 4 is 35.1 Å². The first-order valence-electron chi connectivity index (χ1n) is 10.7. The van der Waals surface area contributed by atoms with Gasteiger partial charge < -0.3 is 14.8 Å². The second kappa shape index (κ2) is 8.78. The minimum atomic E-state index is -0.142. The van der Waals surface area contributed by atoms with Crippen molar-refractivity contribution in [1.82, 2.24) is 9.55 Å². The molecule has 0 saturated heterocycles. The van der Waals surface area contributed by atoms with Crippen LogP contribution >= 0.6 is 23.5 Å². The van der Waals surface area contributed by atoms with E-state index >= 15 is 0 Å². The highest BCUT2D eigenvalue weighted by Gasteiger charge is 2.29. The summed E-state index contributed by atoms with van der Waals surface area (Å²) in [7, 11) is 0. The van der Waals surface area contributed by atoms with Crippen molar-refractivity contribution in [2.45, 2.75) is 66.8 Å². The van der Waals surface area contributed by atoms with Gasteiger partial charge in [-0.15, -0.1) is 11.8 Å². The highest BCUT2D eigenvalue weighted by molar-refractivity contribution is 8.00. The van der Waals surface area contributed by atoms with E-state index < -0.39 is 0 Å². The van der Waals surface area contributed by atoms with Crippen LogP contribution in [0.1, 0.15) is 50.8 Å². The third-order valence-electron chi connectivity index (χ3n) is 5.84. The van der Waals surface area contributed by atoms with E-state index in [9.17, 15) is 9.59 Å². The van der Waals surface area contributed by atoms with E-state index in [1.807, 2.05) is 4.57 Å². The van der Waals surface area contributed by atoms with Gasteiger partial charge in [-0.25, -0.2) is 4.98 Å². The number of carbonyl (C=O) groups is 1. The molecule has 2 aliphatic heterocycles. The zero-order chi connectivity index (χ0) is 21.4. The number of hydrogen-bond acceptors (Lipinski definition) is 7. The third kappa shape index (κ3) is 4.30. The summed E-state index contributed by atoms with van der Waals surface area (Å²) in [6.07, 6.45) is 6.28. The maximum atomic E-state index is 13.3. The summed E-state index contributed by atoms with van der Waals surface area (Å²) in [5.74, 6) is 1.35. The number of benzene rings is 1. The molecular weight excluding hydrogens is 434 g/mol. The molecule has 7 nitrogen and oxygen atoms in total. The van der Waals surface area contributed by atoms with Crippen molar-refractivity contribution in [3.8, 4) is 11.5 Å². The first-order valence-corrected chi connectivity index (χ1v) is 12.6. The van der Waals surface area contributed by atoms with Crippen LogP contribution in [0.2, 0.25) is 0 Å². The van der Waals surface area contributed by atoms with Crippen LogP contribution in [0, 0.1) is 0 Å². The number of aromatic nitrogens is 2. The van der Waals surface area contributed by atoms with E-state index in [1.165, 1.54) is 18.2 Å². The molecule has 3 heterocycles. The Morgan fingerprint density at radius 2 is 2.06 bits per heavy atom. The number of carbonyl (C=O) groups excluding carboxylic acids is 1. The molecule has 0 spiro atoms. The van der Waals surface area contributed by atoms with Gasteiger partial charge in [-0.1, -0.05) is 37.9 Å². The quantitative estimate of drug-likeness (QED) is 0.529. The Hall–Kier alpha value is -2.13. The molecule has 9 heteroatoms. The average molecular weight is 460 g/mol. The lowest BCUT2D eigenvalue weighted by atomic mass is 9.95. The number of thioether (sulfide) groups is 2. The molecule has 1 saturated carbocycles. The fraction of sp³-hybridized carbons (Fsp3) is 0.500. The standard InChI is InChI=1S/C22H25N3O4S2/c1-13-9-16-20(31-13)21(27)25(15-5-3-2-4-6-15)22(24-16)30-11-19(26)23-14-7-8-17-18(10-14)29-12-28-17/h7-8,10,13,15H,2-6,9,11-12H2,1H3,(H,23,26). The van der Waals surface area contributed by atoms with Gasteiger partial charge in [0.1, 0.15) is 0 Å². The molecule has 1 N–H and O–H groups in total. The molecule has 1 aromatic carbocycles. The van der Waals surface area contributed by atoms with Crippen molar-refractivity contribution in [1.29, 1.82) is 0 Å². The molecular formula is C22H25N3O4S2. The van der Waals surface area contributed by atoms with E-state index in [4.69, 9.17) is 14.5 Å². The van der Waals surface area contributed by atoms with Crippen molar-refractivity contribution in [3.63, 3.8) is 0 Å². The van der Waals surface area contributed by atoms with Gasteiger partial charge >= 0.3 is 0 Å². The number of ether oxygens (including phenoxy) is 2. The number of nitrogens with one attached hydrogen (secondary N) is 1. The zero-order valence-electron chi connectivity index (χ0n) is 17.4. The van der Waals surface area contributed by atoms with E-state index in [0.717, 1.165) is 42.7 Å².